The van der Waals surface area contributed by atoms with Crippen LogP contribution in [0.15, 0.2) is 48.7 Å². The predicted molar refractivity (Wildman–Crippen MR) is 115 cm³/mol. The van der Waals surface area contributed by atoms with E-state index in [4.69, 9.17) is 9.47 Å². The van der Waals surface area contributed by atoms with Crippen LogP contribution in [0.25, 0.3) is 0 Å². The molecule has 0 unspecified atom stereocenters. The average Bonchev–Trinajstić information content (AvgIpc) is 2.78. The lowest BCUT2D eigenvalue weighted by Crippen LogP contribution is -2.29. The highest BCUT2D eigenvalue weighted by Gasteiger charge is 2.15. The van der Waals surface area contributed by atoms with Gasteiger partial charge in [-0.15, -0.1) is 10.2 Å². The Morgan fingerprint density at radius 3 is 2.37 bits per heavy atom. The Morgan fingerprint density at radius 1 is 0.933 bits per heavy atom. The van der Waals surface area contributed by atoms with E-state index in [-0.39, 0.29) is 5.91 Å². The summed E-state index contributed by atoms with van der Waals surface area (Å²) < 4.78 is 10.5. The van der Waals surface area contributed by atoms with Crippen LogP contribution in [0, 0.1) is 6.92 Å². The molecule has 0 aliphatic carbocycles. The van der Waals surface area contributed by atoms with Crippen LogP contribution in [-0.4, -0.2) is 48.4 Å². The van der Waals surface area contributed by atoms with Crippen LogP contribution in [0.2, 0.25) is 0 Å². The number of pyridine rings is 1. The van der Waals surface area contributed by atoms with Gasteiger partial charge >= 0.3 is 0 Å². The molecule has 0 spiro atoms. The number of carbonyl (C=O) groups is 1. The highest BCUT2D eigenvalue weighted by atomic mass is 16.5. The molecule has 0 atom stereocenters. The molecule has 0 fully saturated rings. The number of nitrogens with one attached hydrogen (secondary N) is 3. The number of anilines is 3. The maximum Gasteiger partial charge on any atom is 0.255 e. The van der Waals surface area contributed by atoms with Crippen LogP contribution in [0.4, 0.5) is 17.5 Å². The molecule has 30 heavy (non-hydrogen) atoms. The van der Waals surface area contributed by atoms with E-state index >= 15 is 0 Å². The summed E-state index contributed by atoms with van der Waals surface area (Å²) in [5.74, 6) is 2.56. The van der Waals surface area contributed by atoms with Crippen molar-refractivity contribution < 1.29 is 14.3 Å². The Kier molecular flexibility index (Phi) is 6.99. The number of ether oxygens (including phenoxy) is 2. The van der Waals surface area contributed by atoms with Gasteiger partial charge in [-0.1, -0.05) is 12.1 Å². The Hall–Kier alpha value is -3.88. The Morgan fingerprint density at radius 2 is 1.70 bits per heavy atom. The van der Waals surface area contributed by atoms with Crippen molar-refractivity contribution in [3.05, 3.63) is 59.8 Å². The number of rotatable bonds is 9. The van der Waals surface area contributed by atoms with Crippen molar-refractivity contribution in [1.82, 2.24) is 20.5 Å². The first-order chi connectivity index (χ1) is 14.6. The van der Waals surface area contributed by atoms with Gasteiger partial charge in [0.05, 0.1) is 19.8 Å². The molecule has 9 heteroatoms. The molecule has 3 N–H and O–H groups in total. The predicted octanol–water partition coefficient (Wildman–Crippen LogP) is 2.78. The molecule has 0 radical (unpaired) electrons. The summed E-state index contributed by atoms with van der Waals surface area (Å²) in [4.78, 5) is 16.7. The van der Waals surface area contributed by atoms with Gasteiger partial charge in [0.1, 0.15) is 11.6 Å². The lowest BCUT2D eigenvalue weighted by Gasteiger charge is -2.13. The van der Waals surface area contributed by atoms with Crippen molar-refractivity contribution in [1.29, 1.82) is 0 Å². The minimum Gasteiger partial charge on any atom is -0.493 e. The SMILES string of the molecule is COc1cccc(C(=O)NCCNc2ccc(Nc3ccc(C)cn3)nn2)c1OC. The van der Waals surface area contributed by atoms with Crippen molar-refractivity contribution >= 4 is 23.4 Å². The second-order valence-electron chi connectivity index (χ2n) is 6.37. The molecule has 0 aliphatic heterocycles. The first kappa shape index (κ1) is 20.8. The molecule has 0 saturated heterocycles. The van der Waals surface area contributed by atoms with Crippen LogP contribution in [0.5, 0.6) is 11.5 Å². The molecule has 3 rings (SSSR count). The summed E-state index contributed by atoms with van der Waals surface area (Å²) in [6, 6.07) is 12.6. The molecule has 156 valence electrons. The van der Waals surface area contributed by atoms with Crippen molar-refractivity contribution in [3.8, 4) is 11.5 Å². The third kappa shape index (κ3) is 5.34. The number of hydrogen-bond acceptors (Lipinski definition) is 8. The fourth-order valence-electron chi connectivity index (χ4n) is 2.69. The van der Waals surface area contributed by atoms with Gasteiger partial charge in [-0.3, -0.25) is 4.79 Å². The molecule has 0 bridgehead atoms. The lowest BCUT2D eigenvalue weighted by atomic mass is 10.1. The van der Waals surface area contributed by atoms with Gasteiger partial charge < -0.3 is 25.4 Å². The topological polar surface area (TPSA) is 110 Å². The zero-order chi connectivity index (χ0) is 21.3. The van der Waals surface area contributed by atoms with Crippen molar-refractivity contribution in [2.75, 3.05) is 37.9 Å². The van der Waals surface area contributed by atoms with E-state index in [1.807, 2.05) is 19.1 Å². The number of methoxy groups -OCH3 is 2. The van der Waals surface area contributed by atoms with E-state index in [9.17, 15) is 4.79 Å². The molecule has 2 aromatic heterocycles. The third-order valence-electron chi connectivity index (χ3n) is 4.20. The molecule has 2 heterocycles. The first-order valence-electron chi connectivity index (χ1n) is 9.37. The smallest absolute Gasteiger partial charge is 0.255 e. The van der Waals surface area contributed by atoms with Crippen molar-refractivity contribution in [3.63, 3.8) is 0 Å². The molecule has 0 saturated carbocycles. The van der Waals surface area contributed by atoms with Gasteiger partial charge in [0, 0.05) is 19.3 Å². The van der Waals surface area contributed by atoms with Crippen LogP contribution >= 0.6 is 0 Å². The minimum absolute atomic E-state index is 0.247. The van der Waals surface area contributed by atoms with E-state index in [1.165, 1.54) is 14.2 Å². The zero-order valence-electron chi connectivity index (χ0n) is 17.1. The van der Waals surface area contributed by atoms with Crippen molar-refractivity contribution in [2.24, 2.45) is 0 Å². The van der Waals surface area contributed by atoms with Gasteiger partial charge in [0.15, 0.2) is 17.3 Å². The quantitative estimate of drug-likeness (QED) is 0.464. The maximum absolute atomic E-state index is 12.4. The van der Waals surface area contributed by atoms with Crippen LogP contribution in [-0.2, 0) is 0 Å². The number of para-hydroxylation sites is 1. The van der Waals surface area contributed by atoms with Crippen LogP contribution < -0.4 is 25.4 Å². The number of hydrogen-bond donors (Lipinski definition) is 3. The molecule has 1 aromatic carbocycles. The van der Waals surface area contributed by atoms with E-state index in [0.29, 0.717) is 47.6 Å². The molecule has 9 nitrogen and oxygen atoms in total. The second-order valence-corrected chi connectivity index (χ2v) is 6.37. The Bertz CT molecular complexity index is 977. The average molecular weight is 408 g/mol. The number of carbonyl (C=O) groups excluding carboxylic acids is 1. The fraction of sp³-hybridized carbons (Fsp3) is 0.238. The molecule has 3 aromatic rings. The number of aromatic nitrogens is 3. The summed E-state index contributed by atoms with van der Waals surface area (Å²) in [5.41, 5.74) is 1.50. The van der Waals surface area contributed by atoms with Gasteiger partial charge in [-0.2, -0.15) is 0 Å². The Balaban J connectivity index is 1.47. The lowest BCUT2D eigenvalue weighted by molar-refractivity contribution is 0.0951. The third-order valence-corrected chi connectivity index (χ3v) is 4.20. The van der Waals surface area contributed by atoms with Crippen LogP contribution in [0.1, 0.15) is 15.9 Å². The number of aryl methyl sites for hydroxylation is 1. The summed E-state index contributed by atoms with van der Waals surface area (Å²) in [6.45, 7) is 2.86. The molecular formula is C21H24N6O3. The van der Waals surface area contributed by atoms with Gasteiger partial charge in [0.25, 0.3) is 5.91 Å². The number of benzene rings is 1. The van der Waals surface area contributed by atoms with E-state index in [2.05, 4.69) is 31.1 Å². The highest BCUT2D eigenvalue weighted by molar-refractivity contribution is 5.97. The maximum atomic E-state index is 12.4. The zero-order valence-corrected chi connectivity index (χ0v) is 17.1. The minimum atomic E-state index is -0.247. The molecule has 0 aliphatic rings. The van der Waals surface area contributed by atoms with Gasteiger partial charge in [-0.05, 0) is 42.8 Å². The summed E-state index contributed by atoms with van der Waals surface area (Å²) >= 11 is 0. The monoisotopic (exact) mass is 408 g/mol. The normalized spacial score (nSPS) is 10.2. The molecule has 1 amide bonds. The van der Waals surface area contributed by atoms with E-state index in [0.717, 1.165) is 5.56 Å². The summed E-state index contributed by atoms with van der Waals surface area (Å²) in [6.07, 6.45) is 1.78. The number of nitrogens with zero attached hydrogens (tertiary/aromatic N) is 3. The number of amides is 1. The van der Waals surface area contributed by atoms with E-state index in [1.54, 1.807) is 36.5 Å². The summed E-state index contributed by atoms with van der Waals surface area (Å²) in [5, 5.41) is 17.3. The summed E-state index contributed by atoms with van der Waals surface area (Å²) in [7, 11) is 3.03. The second kappa shape index (κ2) is 10.1. The van der Waals surface area contributed by atoms with Gasteiger partial charge in [-0.25, -0.2) is 4.98 Å². The Labute approximate surface area is 174 Å². The standard InChI is InChI=1S/C21H24N6O3/c1-14-7-8-17(24-13-14)25-19-10-9-18(26-27-19)22-11-12-23-21(28)15-5-4-6-16(29-2)20(15)30-3/h4-10,13H,11-12H2,1-3H3,(H,22,26)(H,23,28)(H,24,25,27). The van der Waals surface area contributed by atoms with Crippen LogP contribution in [0.3, 0.4) is 0 Å². The van der Waals surface area contributed by atoms with Gasteiger partial charge in [0.2, 0.25) is 0 Å². The molecular weight excluding hydrogens is 384 g/mol. The van der Waals surface area contributed by atoms with Crippen molar-refractivity contribution in [2.45, 2.75) is 6.92 Å². The largest absolute Gasteiger partial charge is 0.493 e. The fourth-order valence-corrected chi connectivity index (χ4v) is 2.69. The first-order valence-corrected chi connectivity index (χ1v) is 9.37. The highest BCUT2D eigenvalue weighted by Crippen LogP contribution is 2.30. The van der Waals surface area contributed by atoms with E-state index < -0.39 is 0 Å².